The third-order valence-corrected chi connectivity index (χ3v) is 3.57. The lowest BCUT2D eigenvalue weighted by atomic mass is 10.0. The van der Waals surface area contributed by atoms with Crippen molar-refractivity contribution in [3.05, 3.63) is 73.7 Å². The van der Waals surface area contributed by atoms with Crippen LogP contribution in [0.1, 0.15) is 0 Å². The first kappa shape index (κ1) is 12.6. The molecule has 3 heterocycles. The Morgan fingerprint density at radius 2 is 1.45 bits per heavy atom. The molecular weight excluding hydrogens is 272 g/mol. The molecule has 0 fully saturated rings. The fourth-order valence-corrected chi connectivity index (χ4v) is 2.45. The molecule has 3 aromatic heterocycles. The lowest BCUT2D eigenvalue weighted by molar-refractivity contribution is 1.17. The average molecular weight is 284 g/mol. The Kier molecular flexibility index (Phi) is 3.05. The molecule has 0 aliphatic rings. The second-order valence-electron chi connectivity index (χ2n) is 5.00. The Morgan fingerprint density at radius 1 is 0.636 bits per heavy atom. The lowest BCUT2D eigenvalue weighted by Gasteiger charge is -2.05. The summed E-state index contributed by atoms with van der Waals surface area (Å²) in [4.78, 5) is 16.8. The van der Waals surface area contributed by atoms with Gasteiger partial charge in [0.05, 0.1) is 5.52 Å². The molecule has 0 aliphatic heterocycles. The van der Waals surface area contributed by atoms with Crippen LogP contribution in [0.5, 0.6) is 0 Å². The van der Waals surface area contributed by atoms with E-state index in [2.05, 4.69) is 32.1 Å². The minimum Gasteiger partial charge on any atom is -0.264 e. The number of benzene rings is 1. The van der Waals surface area contributed by atoms with Gasteiger partial charge in [0.1, 0.15) is 6.33 Å². The molecule has 0 N–H and O–H groups in total. The number of nitrogens with zero attached hydrogens (tertiary/aromatic N) is 4. The van der Waals surface area contributed by atoms with Crippen molar-refractivity contribution < 1.29 is 0 Å². The molecule has 4 aromatic rings. The molecule has 0 saturated carbocycles. The Hall–Kier alpha value is -3.14. The third-order valence-electron chi connectivity index (χ3n) is 3.57. The maximum atomic E-state index is 4.53. The summed E-state index contributed by atoms with van der Waals surface area (Å²) < 4.78 is 0. The zero-order valence-electron chi connectivity index (χ0n) is 11.7. The maximum Gasteiger partial charge on any atom is 0.115 e. The highest BCUT2D eigenvalue weighted by atomic mass is 14.8. The predicted octanol–water partition coefficient (Wildman–Crippen LogP) is 3.75. The molecular formula is C18H12N4. The molecule has 0 saturated heterocycles. The van der Waals surface area contributed by atoms with E-state index in [0.717, 1.165) is 33.2 Å². The molecule has 1 aromatic carbocycles. The van der Waals surface area contributed by atoms with E-state index in [4.69, 9.17) is 0 Å². The summed E-state index contributed by atoms with van der Waals surface area (Å²) in [6.45, 7) is 0. The average Bonchev–Trinajstić information content (AvgIpc) is 2.62. The summed E-state index contributed by atoms with van der Waals surface area (Å²) in [6.07, 6.45) is 10.7. The van der Waals surface area contributed by atoms with Crippen molar-refractivity contribution in [2.24, 2.45) is 0 Å². The maximum absolute atomic E-state index is 4.53. The second-order valence-corrected chi connectivity index (χ2v) is 5.00. The first-order valence-corrected chi connectivity index (χ1v) is 6.96. The van der Waals surface area contributed by atoms with E-state index in [1.54, 1.807) is 6.20 Å². The van der Waals surface area contributed by atoms with Crippen LogP contribution < -0.4 is 0 Å². The number of aromatic nitrogens is 4. The van der Waals surface area contributed by atoms with Gasteiger partial charge in [0.25, 0.3) is 0 Å². The fraction of sp³-hybridized carbons (Fsp3) is 0. The Balaban J connectivity index is 1.85. The number of pyridine rings is 2. The van der Waals surface area contributed by atoms with Crippen LogP contribution in [0.4, 0.5) is 0 Å². The highest BCUT2D eigenvalue weighted by Crippen LogP contribution is 2.26. The molecule has 4 heteroatoms. The molecule has 4 rings (SSSR count). The second kappa shape index (κ2) is 5.33. The van der Waals surface area contributed by atoms with Gasteiger partial charge in [-0.1, -0.05) is 12.1 Å². The summed E-state index contributed by atoms with van der Waals surface area (Å²) in [5, 5.41) is 1.09. The zero-order valence-corrected chi connectivity index (χ0v) is 11.7. The van der Waals surface area contributed by atoms with Crippen molar-refractivity contribution in [3.63, 3.8) is 0 Å². The normalized spacial score (nSPS) is 10.7. The van der Waals surface area contributed by atoms with Gasteiger partial charge in [0.15, 0.2) is 0 Å². The van der Waals surface area contributed by atoms with Crippen LogP contribution in [-0.4, -0.2) is 19.9 Å². The SMILES string of the molecule is c1cncc(-c2cnc3ccc(-c4cncnc4)cc3c2)c1. The van der Waals surface area contributed by atoms with E-state index in [0.29, 0.717) is 0 Å². The Bertz CT molecular complexity index is 847. The first-order valence-electron chi connectivity index (χ1n) is 6.96. The highest BCUT2D eigenvalue weighted by Gasteiger charge is 2.04. The molecule has 0 radical (unpaired) electrons. The number of hydrogen-bond donors (Lipinski definition) is 0. The summed E-state index contributed by atoms with van der Waals surface area (Å²) in [5.74, 6) is 0. The van der Waals surface area contributed by atoms with Crippen molar-refractivity contribution in [1.29, 1.82) is 0 Å². The molecule has 104 valence electrons. The number of fused-ring (bicyclic) bond motifs is 1. The van der Waals surface area contributed by atoms with Crippen molar-refractivity contribution in [2.45, 2.75) is 0 Å². The molecule has 0 amide bonds. The first-order chi connectivity index (χ1) is 10.9. The van der Waals surface area contributed by atoms with Crippen LogP contribution in [0, 0.1) is 0 Å². The van der Waals surface area contributed by atoms with E-state index in [1.165, 1.54) is 6.33 Å². The van der Waals surface area contributed by atoms with Crippen LogP contribution in [0.3, 0.4) is 0 Å². The van der Waals surface area contributed by atoms with Crippen LogP contribution >= 0.6 is 0 Å². The number of rotatable bonds is 2. The Labute approximate surface area is 127 Å². The van der Waals surface area contributed by atoms with Gasteiger partial charge in [-0.15, -0.1) is 0 Å². The van der Waals surface area contributed by atoms with E-state index in [1.807, 2.05) is 49.1 Å². The van der Waals surface area contributed by atoms with Gasteiger partial charge in [0, 0.05) is 53.1 Å². The van der Waals surface area contributed by atoms with Crippen molar-refractivity contribution in [2.75, 3.05) is 0 Å². The topological polar surface area (TPSA) is 51.6 Å². The van der Waals surface area contributed by atoms with E-state index < -0.39 is 0 Å². The van der Waals surface area contributed by atoms with Gasteiger partial charge >= 0.3 is 0 Å². The quantitative estimate of drug-likeness (QED) is 0.562. The molecule has 0 unspecified atom stereocenters. The van der Waals surface area contributed by atoms with Crippen molar-refractivity contribution in [1.82, 2.24) is 19.9 Å². The van der Waals surface area contributed by atoms with E-state index >= 15 is 0 Å². The van der Waals surface area contributed by atoms with E-state index in [-0.39, 0.29) is 0 Å². The van der Waals surface area contributed by atoms with Gasteiger partial charge in [-0.05, 0) is 29.8 Å². The third kappa shape index (κ3) is 2.31. The summed E-state index contributed by atoms with van der Waals surface area (Å²) >= 11 is 0. The van der Waals surface area contributed by atoms with Gasteiger partial charge in [0.2, 0.25) is 0 Å². The smallest absolute Gasteiger partial charge is 0.115 e. The number of hydrogen-bond acceptors (Lipinski definition) is 4. The van der Waals surface area contributed by atoms with Gasteiger partial charge in [-0.3, -0.25) is 9.97 Å². The summed E-state index contributed by atoms with van der Waals surface area (Å²) in [7, 11) is 0. The van der Waals surface area contributed by atoms with Gasteiger partial charge in [-0.2, -0.15) is 0 Å². The lowest BCUT2D eigenvalue weighted by Crippen LogP contribution is -1.86. The molecule has 0 aliphatic carbocycles. The van der Waals surface area contributed by atoms with Crippen molar-refractivity contribution >= 4 is 10.9 Å². The molecule has 4 nitrogen and oxygen atoms in total. The van der Waals surface area contributed by atoms with Crippen LogP contribution in [-0.2, 0) is 0 Å². The van der Waals surface area contributed by atoms with Crippen LogP contribution in [0.2, 0.25) is 0 Å². The fourth-order valence-electron chi connectivity index (χ4n) is 2.45. The van der Waals surface area contributed by atoms with Crippen LogP contribution in [0.25, 0.3) is 33.2 Å². The highest BCUT2D eigenvalue weighted by molar-refractivity contribution is 5.87. The zero-order chi connectivity index (χ0) is 14.8. The monoisotopic (exact) mass is 284 g/mol. The molecule has 22 heavy (non-hydrogen) atoms. The molecule has 0 bridgehead atoms. The van der Waals surface area contributed by atoms with Gasteiger partial charge in [-0.25, -0.2) is 9.97 Å². The van der Waals surface area contributed by atoms with E-state index in [9.17, 15) is 0 Å². The van der Waals surface area contributed by atoms with Gasteiger partial charge < -0.3 is 0 Å². The standard InChI is InChI=1S/C18H12N4/c1-2-14(8-19-5-1)16-7-15-6-13(3-4-18(15)22-11-16)17-9-20-12-21-10-17/h1-12H. The molecule has 0 atom stereocenters. The van der Waals surface area contributed by atoms with Crippen molar-refractivity contribution in [3.8, 4) is 22.3 Å². The minimum atomic E-state index is 0.966. The van der Waals surface area contributed by atoms with Crippen LogP contribution in [0.15, 0.2) is 73.7 Å². The molecule has 0 spiro atoms. The summed E-state index contributed by atoms with van der Waals surface area (Å²) in [5.41, 5.74) is 5.16. The largest absolute Gasteiger partial charge is 0.264 e. The Morgan fingerprint density at radius 3 is 2.27 bits per heavy atom. The summed E-state index contributed by atoms with van der Waals surface area (Å²) in [6, 6.07) is 12.3. The predicted molar refractivity (Wildman–Crippen MR) is 86.0 cm³/mol. The minimum absolute atomic E-state index is 0.966.